The zero-order valence-electron chi connectivity index (χ0n) is 17.2. The Morgan fingerprint density at radius 1 is 1.27 bits per heavy atom. The van der Waals surface area contributed by atoms with Crippen molar-refractivity contribution in [2.75, 3.05) is 20.7 Å². The Balaban J connectivity index is 1.57. The highest BCUT2D eigenvalue weighted by Gasteiger charge is 2.27. The number of aryl methyl sites for hydroxylation is 1. The molecule has 3 aromatic rings. The van der Waals surface area contributed by atoms with Crippen molar-refractivity contribution in [3.05, 3.63) is 81.9 Å². The number of hydrogen-bond acceptors (Lipinski definition) is 5. The van der Waals surface area contributed by atoms with Gasteiger partial charge in [0.2, 0.25) is 5.88 Å². The van der Waals surface area contributed by atoms with Gasteiger partial charge in [-0.15, -0.1) is 0 Å². The van der Waals surface area contributed by atoms with Gasteiger partial charge in [0.15, 0.2) is 0 Å². The second-order valence-corrected chi connectivity index (χ2v) is 7.35. The van der Waals surface area contributed by atoms with Crippen molar-refractivity contribution in [3.63, 3.8) is 0 Å². The van der Waals surface area contributed by atoms with E-state index in [1.807, 2.05) is 24.3 Å². The zero-order chi connectivity index (χ0) is 21.3. The smallest absolute Gasteiger partial charge is 0.268 e. The maximum atomic E-state index is 13.2. The molecule has 7 nitrogen and oxygen atoms in total. The third kappa shape index (κ3) is 3.66. The molecule has 0 spiro atoms. The second-order valence-electron chi connectivity index (χ2n) is 7.35. The largest absolute Gasteiger partial charge is 0.488 e. The Morgan fingerprint density at radius 3 is 2.77 bits per heavy atom. The molecule has 2 aromatic heterocycles. The van der Waals surface area contributed by atoms with Crippen molar-refractivity contribution < 1.29 is 14.3 Å². The number of amides is 1. The summed E-state index contributed by atoms with van der Waals surface area (Å²) in [7, 11) is 3.22. The summed E-state index contributed by atoms with van der Waals surface area (Å²) in [6.45, 7) is 2.16. The minimum Gasteiger partial charge on any atom is -0.488 e. The highest BCUT2D eigenvalue weighted by molar-refractivity contribution is 5.95. The van der Waals surface area contributed by atoms with Gasteiger partial charge in [0.25, 0.3) is 11.5 Å². The van der Waals surface area contributed by atoms with Gasteiger partial charge in [-0.1, -0.05) is 18.2 Å². The van der Waals surface area contributed by atoms with E-state index in [9.17, 15) is 9.59 Å². The van der Waals surface area contributed by atoms with Crippen LogP contribution >= 0.6 is 0 Å². The number of fused-ring (bicyclic) bond motifs is 1. The number of carbonyl (C=O) groups excluding carboxylic acids is 1. The molecule has 4 rings (SSSR count). The molecule has 0 N–H and O–H groups in total. The maximum absolute atomic E-state index is 13.2. The predicted molar refractivity (Wildman–Crippen MR) is 113 cm³/mol. The van der Waals surface area contributed by atoms with E-state index in [0.29, 0.717) is 23.7 Å². The fraction of sp³-hybridized carbons (Fsp3) is 0.261. The summed E-state index contributed by atoms with van der Waals surface area (Å²) >= 11 is 0. The first kappa shape index (κ1) is 19.7. The Morgan fingerprint density at radius 2 is 2.07 bits per heavy atom. The molecule has 1 unspecified atom stereocenters. The molecule has 1 aliphatic heterocycles. The molecule has 30 heavy (non-hydrogen) atoms. The summed E-state index contributed by atoms with van der Waals surface area (Å²) < 4.78 is 12.4. The second kappa shape index (κ2) is 8.02. The molecule has 0 radical (unpaired) electrons. The lowest BCUT2D eigenvalue weighted by atomic mass is 10.1. The fourth-order valence-electron chi connectivity index (χ4n) is 3.66. The number of benzene rings is 1. The number of para-hydroxylation sites is 1. The van der Waals surface area contributed by atoms with E-state index in [-0.39, 0.29) is 23.1 Å². The summed E-state index contributed by atoms with van der Waals surface area (Å²) in [6.07, 6.45) is 3.79. The average Bonchev–Trinajstić information content (AvgIpc) is 3.16. The Hall–Kier alpha value is -3.61. The molecule has 3 heterocycles. The van der Waals surface area contributed by atoms with Crippen molar-refractivity contribution in [2.45, 2.75) is 19.4 Å². The van der Waals surface area contributed by atoms with Crippen molar-refractivity contribution in [1.29, 1.82) is 0 Å². The van der Waals surface area contributed by atoms with Crippen LogP contribution in [0.25, 0.3) is 5.69 Å². The van der Waals surface area contributed by atoms with Crippen LogP contribution in [0.15, 0.2) is 59.7 Å². The molecule has 0 saturated heterocycles. The molecule has 1 aromatic carbocycles. The van der Waals surface area contributed by atoms with Crippen LogP contribution in [0.5, 0.6) is 11.6 Å². The van der Waals surface area contributed by atoms with Crippen molar-refractivity contribution in [1.82, 2.24) is 14.5 Å². The van der Waals surface area contributed by atoms with Gasteiger partial charge < -0.3 is 14.4 Å². The third-order valence-corrected chi connectivity index (χ3v) is 5.26. The third-order valence-electron chi connectivity index (χ3n) is 5.26. The number of methoxy groups -OCH3 is 1. The van der Waals surface area contributed by atoms with Crippen LogP contribution in [0.3, 0.4) is 0 Å². The zero-order valence-corrected chi connectivity index (χ0v) is 17.2. The SMILES string of the molecule is COc1ccc(-n2ccc(C)c(C(=O)N(C)CC3Cc4ccccc4O3)c2=O)cn1. The van der Waals surface area contributed by atoms with E-state index >= 15 is 0 Å². The lowest BCUT2D eigenvalue weighted by Crippen LogP contribution is -2.40. The van der Waals surface area contributed by atoms with E-state index in [1.54, 1.807) is 43.3 Å². The van der Waals surface area contributed by atoms with Gasteiger partial charge in [0.05, 0.1) is 25.5 Å². The summed E-state index contributed by atoms with van der Waals surface area (Å²) in [5.74, 6) is 0.981. The molecule has 1 atom stereocenters. The molecular weight excluding hydrogens is 382 g/mol. The van der Waals surface area contributed by atoms with Crippen LogP contribution in [-0.2, 0) is 6.42 Å². The van der Waals surface area contributed by atoms with E-state index in [2.05, 4.69) is 4.98 Å². The number of rotatable bonds is 5. The Kier molecular flexibility index (Phi) is 5.27. The lowest BCUT2D eigenvalue weighted by molar-refractivity contribution is 0.0727. The van der Waals surface area contributed by atoms with Gasteiger partial charge in [-0.2, -0.15) is 0 Å². The van der Waals surface area contributed by atoms with Crippen LogP contribution in [0.4, 0.5) is 0 Å². The van der Waals surface area contributed by atoms with E-state index < -0.39 is 0 Å². The topological polar surface area (TPSA) is 73.7 Å². The molecule has 1 amide bonds. The summed E-state index contributed by atoms with van der Waals surface area (Å²) in [4.78, 5) is 32.0. The Labute approximate surface area is 174 Å². The van der Waals surface area contributed by atoms with Crippen LogP contribution in [-0.4, -0.2) is 47.2 Å². The molecule has 7 heteroatoms. The molecule has 154 valence electrons. The van der Waals surface area contributed by atoms with E-state index in [4.69, 9.17) is 9.47 Å². The highest BCUT2D eigenvalue weighted by atomic mass is 16.5. The van der Waals surface area contributed by atoms with E-state index in [0.717, 1.165) is 17.7 Å². The number of aromatic nitrogens is 2. The van der Waals surface area contributed by atoms with Gasteiger partial charge in [0.1, 0.15) is 17.4 Å². The monoisotopic (exact) mass is 405 g/mol. The number of nitrogens with zero attached hydrogens (tertiary/aromatic N) is 3. The van der Waals surface area contributed by atoms with Crippen LogP contribution in [0.2, 0.25) is 0 Å². The van der Waals surface area contributed by atoms with Gasteiger partial charge in [-0.3, -0.25) is 14.2 Å². The Bertz CT molecular complexity index is 1110. The number of ether oxygens (including phenoxy) is 2. The molecule has 0 bridgehead atoms. The first-order valence-electron chi connectivity index (χ1n) is 9.70. The minimum absolute atomic E-state index is 0.131. The van der Waals surface area contributed by atoms with Crippen molar-refractivity contribution in [3.8, 4) is 17.3 Å². The lowest BCUT2D eigenvalue weighted by Gasteiger charge is -2.22. The average molecular weight is 405 g/mol. The number of carbonyl (C=O) groups is 1. The fourth-order valence-corrected chi connectivity index (χ4v) is 3.66. The normalized spacial score (nSPS) is 14.7. The van der Waals surface area contributed by atoms with Crippen molar-refractivity contribution >= 4 is 5.91 Å². The minimum atomic E-state index is -0.380. The maximum Gasteiger partial charge on any atom is 0.268 e. The van der Waals surface area contributed by atoms with Crippen LogP contribution in [0.1, 0.15) is 21.5 Å². The molecule has 0 fully saturated rings. The molecule has 1 aliphatic rings. The van der Waals surface area contributed by atoms with E-state index in [1.165, 1.54) is 17.9 Å². The van der Waals surface area contributed by atoms with Crippen LogP contribution < -0.4 is 15.0 Å². The van der Waals surface area contributed by atoms with Crippen LogP contribution in [0, 0.1) is 6.92 Å². The summed E-state index contributed by atoms with van der Waals surface area (Å²) in [5, 5.41) is 0. The molecule has 0 saturated carbocycles. The predicted octanol–water partition coefficient (Wildman–Crippen LogP) is 2.63. The standard InChI is InChI=1S/C23H23N3O4/c1-15-10-11-26(17-8-9-20(29-3)24-13-17)23(28)21(15)22(27)25(2)14-18-12-16-6-4-5-7-19(16)30-18/h4-11,13,18H,12,14H2,1-3H3. The molecular formula is C23H23N3O4. The number of pyridine rings is 2. The number of hydrogen-bond donors (Lipinski definition) is 0. The summed E-state index contributed by atoms with van der Waals surface area (Å²) in [5.41, 5.74) is 2.09. The van der Waals surface area contributed by atoms with Gasteiger partial charge in [-0.05, 0) is 36.2 Å². The quantitative estimate of drug-likeness (QED) is 0.652. The highest BCUT2D eigenvalue weighted by Crippen LogP contribution is 2.28. The first-order chi connectivity index (χ1) is 14.5. The molecule has 0 aliphatic carbocycles. The first-order valence-corrected chi connectivity index (χ1v) is 9.70. The van der Waals surface area contributed by atoms with Crippen molar-refractivity contribution in [2.24, 2.45) is 0 Å². The van der Waals surface area contributed by atoms with Gasteiger partial charge in [-0.25, -0.2) is 4.98 Å². The van der Waals surface area contributed by atoms with Gasteiger partial charge in [0, 0.05) is 25.7 Å². The summed E-state index contributed by atoms with van der Waals surface area (Å²) in [6, 6.07) is 13.0. The number of likely N-dealkylation sites (N-methyl/N-ethyl adjacent to an activating group) is 1. The van der Waals surface area contributed by atoms with Gasteiger partial charge >= 0.3 is 0 Å².